The first kappa shape index (κ1) is 17.0. The molecule has 0 fully saturated rings. The van der Waals surface area contributed by atoms with Gasteiger partial charge in [-0.1, -0.05) is 18.2 Å². The minimum absolute atomic E-state index is 0.212. The Morgan fingerprint density at radius 2 is 1.74 bits per heavy atom. The molecule has 2 aromatic carbocycles. The Labute approximate surface area is 137 Å². The summed E-state index contributed by atoms with van der Waals surface area (Å²) in [5.41, 5.74) is 2.12. The van der Waals surface area contributed by atoms with E-state index in [9.17, 15) is 8.42 Å². The lowest BCUT2D eigenvalue weighted by Gasteiger charge is -2.19. The molecule has 0 heterocycles. The van der Waals surface area contributed by atoms with Gasteiger partial charge in [-0.25, -0.2) is 8.42 Å². The van der Waals surface area contributed by atoms with Crippen molar-refractivity contribution in [2.75, 3.05) is 26.0 Å². The molecule has 0 unspecified atom stereocenters. The maximum Gasteiger partial charge on any atom is 0.243 e. The number of sulfonamides is 1. The molecular formula is C17H19N3O2S. The monoisotopic (exact) mass is 329 g/mol. The molecule has 0 atom stereocenters. The van der Waals surface area contributed by atoms with Gasteiger partial charge in [-0.15, -0.1) is 0 Å². The highest BCUT2D eigenvalue weighted by Crippen LogP contribution is 2.21. The number of nitriles is 1. The van der Waals surface area contributed by atoms with E-state index in [0.717, 1.165) is 11.3 Å². The second kappa shape index (κ2) is 6.82. The minimum Gasteiger partial charge on any atom is -0.378 e. The Balaban J connectivity index is 2.28. The lowest BCUT2D eigenvalue weighted by molar-refractivity contribution is 0.466. The third-order valence-electron chi connectivity index (χ3n) is 3.50. The summed E-state index contributed by atoms with van der Waals surface area (Å²) < 4.78 is 26.7. The molecule has 6 heteroatoms. The second-order valence-electron chi connectivity index (χ2n) is 5.47. The Morgan fingerprint density at radius 1 is 1.04 bits per heavy atom. The average molecular weight is 329 g/mol. The zero-order valence-corrected chi connectivity index (χ0v) is 14.2. The van der Waals surface area contributed by atoms with Crippen LogP contribution in [0.1, 0.15) is 11.1 Å². The molecule has 0 aliphatic carbocycles. The van der Waals surface area contributed by atoms with Gasteiger partial charge in [0.15, 0.2) is 0 Å². The third-order valence-corrected chi connectivity index (χ3v) is 5.30. The molecule has 0 saturated heterocycles. The van der Waals surface area contributed by atoms with Crippen LogP contribution in [0.3, 0.4) is 0 Å². The van der Waals surface area contributed by atoms with Crippen molar-refractivity contribution in [3.63, 3.8) is 0 Å². The van der Waals surface area contributed by atoms with Gasteiger partial charge in [0.1, 0.15) is 0 Å². The summed E-state index contributed by atoms with van der Waals surface area (Å²) in [6, 6.07) is 15.8. The van der Waals surface area contributed by atoms with Crippen LogP contribution in [0.25, 0.3) is 0 Å². The first-order valence-corrected chi connectivity index (χ1v) is 8.51. The highest BCUT2D eigenvalue weighted by Gasteiger charge is 2.21. The fourth-order valence-electron chi connectivity index (χ4n) is 2.18. The van der Waals surface area contributed by atoms with Crippen LogP contribution < -0.4 is 4.90 Å². The van der Waals surface area contributed by atoms with Gasteiger partial charge >= 0.3 is 0 Å². The van der Waals surface area contributed by atoms with E-state index in [1.54, 1.807) is 36.4 Å². The van der Waals surface area contributed by atoms with E-state index in [-0.39, 0.29) is 11.4 Å². The summed E-state index contributed by atoms with van der Waals surface area (Å²) in [6.07, 6.45) is 0. The van der Waals surface area contributed by atoms with Crippen molar-refractivity contribution in [2.45, 2.75) is 11.4 Å². The molecule has 0 saturated carbocycles. The van der Waals surface area contributed by atoms with Crippen molar-refractivity contribution in [2.24, 2.45) is 0 Å². The summed E-state index contributed by atoms with van der Waals surface area (Å²) >= 11 is 0. The van der Waals surface area contributed by atoms with Gasteiger partial charge in [0, 0.05) is 33.4 Å². The summed E-state index contributed by atoms with van der Waals surface area (Å²) in [5, 5.41) is 8.93. The fourth-order valence-corrected chi connectivity index (χ4v) is 3.38. The summed E-state index contributed by atoms with van der Waals surface area (Å²) in [5.74, 6) is 0. The van der Waals surface area contributed by atoms with Gasteiger partial charge in [0.25, 0.3) is 0 Å². The molecular weight excluding hydrogens is 310 g/mol. The van der Waals surface area contributed by atoms with Crippen LogP contribution >= 0.6 is 0 Å². The number of anilines is 1. The molecule has 0 spiro atoms. The average Bonchev–Trinajstić information content (AvgIpc) is 2.55. The maximum absolute atomic E-state index is 12.7. The zero-order chi connectivity index (χ0) is 17.0. The molecule has 2 aromatic rings. The predicted octanol–water partition coefficient (Wildman–Crippen LogP) is 2.44. The van der Waals surface area contributed by atoms with Gasteiger partial charge in [-0.3, -0.25) is 0 Å². The molecule has 0 N–H and O–H groups in total. The van der Waals surface area contributed by atoms with Gasteiger partial charge in [-0.05, 0) is 35.9 Å². The van der Waals surface area contributed by atoms with Crippen molar-refractivity contribution in [3.05, 3.63) is 59.7 Å². The molecule has 0 aliphatic heterocycles. The Bertz CT molecular complexity index is 839. The highest BCUT2D eigenvalue weighted by atomic mass is 32.2. The molecule has 120 valence electrons. The highest BCUT2D eigenvalue weighted by molar-refractivity contribution is 7.89. The molecule has 5 nitrogen and oxygen atoms in total. The number of hydrogen-bond acceptors (Lipinski definition) is 4. The Hall–Kier alpha value is -2.36. The van der Waals surface area contributed by atoms with E-state index in [0.29, 0.717) is 5.56 Å². The molecule has 0 radical (unpaired) electrons. The lowest BCUT2D eigenvalue weighted by Crippen LogP contribution is -2.26. The molecule has 2 rings (SSSR count). The first-order valence-electron chi connectivity index (χ1n) is 7.07. The standard InChI is InChI=1S/C17H19N3O2S/c1-19(2)16-8-5-9-17(11-16)23(21,22)20(3)13-15-7-4-6-14(10-15)12-18/h4-11H,13H2,1-3H3. The van der Waals surface area contributed by atoms with Crippen LogP contribution in [-0.2, 0) is 16.6 Å². The van der Waals surface area contributed by atoms with E-state index in [4.69, 9.17) is 5.26 Å². The van der Waals surface area contributed by atoms with Crippen LogP contribution in [0.4, 0.5) is 5.69 Å². The Morgan fingerprint density at radius 3 is 2.39 bits per heavy atom. The van der Waals surface area contributed by atoms with E-state index < -0.39 is 10.0 Å². The Kier molecular flexibility index (Phi) is 5.04. The minimum atomic E-state index is -3.59. The van der Waals surface area contributed by atoms with E-state index in [1.807, 2.05) is 31.1 Å². The summed E-state index contributed by atoms with van der Waals surface area (Å²) in [7, 11) is 1.68. The quantitative estimate of drug-likeness (QED) is 0.845. The smallest absolute Gasteiger partial charge is 0.243 e. The van der Waals surface area contributed by atoms with Crippen molar-refractivity contribution in [1.29, 1.82) is 5.26 Å². The molecule has 0 bridgehead atoms. The predicted molar refractivity (Wildman–Crippen MR) is 90.6 cm³/mol. The second-order valence-corrected chi connectivity index (χ2v) is 7.51. The van der Waals surface area contributed by atoms with Crippen molar-refractivity contribution >= 4 is 15.7 Å². The topological polar surface area (TPSA) is 64.4 Å². The fraction of sp³-hybridized carbons (Fsp3) is 0.235. The van der Waals surface area contributed by atoms with E-state index in [2.05, 4.69) is 6.07 Å². The van der Waals surface area contributed by atoms with Crippen LogP contribution in [0.15, 0.2) is 53.4 Å². The normalized spacial score (nSPS) is 11.3. The van der Waals surface area contributed by atoms with Crippen LogP contribution in [-0.4, -0.2) is 33.9 Å². The molecule has 0 amide bonds. The van der Waals surface area contributed by atoms with E-state index >= 15 is 0 Å². The van der Waals surface area contributed by atoms with Gasteiger partial charge < -0.3 is 4.90 Å². The lowest BCUT2D eigenvalue weighted by atomic mass is 10.1. The van der Waals surface area contributed by atoms with Gasteiger partial charge in [-0.2, -0.15) is 9.57 Å². The maximum atomic E-state index is 12.7. The van der Waals surface area contributed by atoms with Crippen molar-refractivity contribution < 1.29 is 8.42 Å². The number of hydrogen-bond donors (Lipinski definition) is 0. The van der Waals surface area contributed by atoms with Crippen molar-refractivity contribution in [3.8, 4) is 6.07 Å². The summed E-state index contributed by atoms with van der Waals surface area (Å²) in [6.45, 7) is 0.212. The number of nitrogens with zero attached hydrogens (tertiary/aromatic N) is 3. The SMILES string of the molecule is CN(C)c1cccc(S(=O)(=O)N(C)Cc2cccc(C#N)c2)c1. The molecule has 0 aromatic heterocycles. The molecule has 0 aliphatic rings. The van der Waals surface area contributed by atoms with E-state index in [1.165, 1.54) is 11.4 Å². The third kappa shape index (κ3) is 3.89. The first-order chi connectivity index (χ1) is 10.8. The van der Waals surface area contributed by atoms with Crippen LogP contribution in [0, 0.1) is 11.3 Å². The van der Waals surface area contributed by atoms with Crippen molar-refractivity contribution in [1.82, 2.24) is 4.31 Å². The largest absolute Gasteiger partial charge is 0.378 e. The molecule has 23 heavy (non-hydrogen) atoms. The number of benzene rings is 2. The van der Waals surface area contributed by atoms with Crippen LogP contribution in [0.2, 0.25) is 0 Å². The summed E-state index contributed by atoms with van der Waals surface area (Å²) in [4.78, 5) is 2.11. The van der Waals surface area contributed by atoms with Crippen LogP contribution in [0.5, 0.6) is 0 Å². The van der Waals surface area contributed by atoms with Gasteiger partial charge in [0.2, 0.25) is 10.0 Å². The van der Waals surface area contributed by atoms with Gasteiger partial charge in [0.05, 0.1) is 16.5 Å². The zero-order valence-electron chi connectivity index (χ0n) is 13.4. The number of rotatable bonds is 5.